The van der Waals surface area contributed by atoms with E-state index in [2.05, 4.69) is 17.4 Å². The van der Waals surface area contributed by atoms with Crippen LogP contribution in [-0.2, 0) is 11.2 Å². The van der Waals surface area contributed by atoms with Gasteiger partial charge in [0, 0.05) is 18.7 Å². The van der Waals surface area contributed by atoms with Gasteiger partial charge < -0.3 is 24.4 Å². The van der Waals surface area contributed by atoms with Crippen LogP contribution in [0.3, 0.4) is 0 Å². The molecule has 3 atom stereocenters. The molecule has 3 heterocycles. The van der Waals surface area contributed by atoms with Crippen molar-refractivity contribution < 1.29 is 19.1 Å². The number of nitrogens with zero attached hydrogens (tertiary/aromatic N) is 3. The van der Waals surface area contributed by atoms with Crippen LogP contribution in [0.4, 0.5) is 0 Å². The molecule has 2 aromatic heterocycles. The van der Waals surface area contributed by atoms with Crippen molar-refractivity contribution in [3.63, 3.8) is 0 Å². The Morgan fingerprint density at radius 2 is 2.06 bits per heavy atom. The molecule has 1 fully saturated rings. The molecule has 1 saturated heterocycles. The van der Waals surface area contributed by atoms with Gasteiger partial charge in [0.2, 0.25) is 0 Å². The van der Waals surface area contributed by atoms with E-state index in [1.165, 1.54) is 0 Å². The quantitative estimate of drug-likeness (QED) is 0.393. The van der Waals surface area contributed by atoms with E-state index in [4.69, 9.17) is 47.2 Å². The van der Waals surface area contributed by atoms with E-state index in [9.17, 15) is 5.11 Å². The van der Waals surface area contributed by atoms with Gasteiger partial charge in [0.25, 0.3) is 0 Å². The summed E-state index contributed by atoms with van der Waals surface area (Å²) in [7, 11) is 1.77. The van der Waals surface area contributed by atoms with E-state index in [1.54, 1.807) is 25.2 Å². The smallest absolute Gasteiger partial charge is 0.161 e. The van der Waals surface area contributed by atoms with Crippen LogP contribution in [0.2, 0.25) is 10.0 Å². The van der Waals surface area contributed by atoms with Crippen molar-refractivity contribution >= 4 is 23.2 Å². The van der Waals surface area contributed by atoms with Gasteiger partial charge in [0.05, 0.1) is 38.8 Å². The molecular weight excluding hydrogens is 503 g/mol. The fourth-order valence-electron chi connectivity index (χ4n) is 4.54. The lowest BCUT2D eigenvalue weighted by Crippen LogP contribution is -2.29. The molecule has 4 rings (SSSR count). The molecule has 194 valence electrons. The third kappa shape index (κ3) is 6.18. The van der Waals surface area contributed by atoms with Crippen LogP contribution < -0.4 is 10.1 Å². The lowest BCUT2D eigenvalue weighted by atomic mass is 9.91. The number of hydrogen-bond acceptors (Lipinski definition) is 8. The number of hydrogen-bond donors (Lipinski definition) is 2. The fraction of sp³-hybridized carbons (Fsp3) is 0.500. The van der Waals surface area contributed by atoms with E-state index >= 15 is 0 Å². The Hall–Kier alpha value is -2.23. The van der Waals surface area contributed by atoms with Crippen molar-refractivity contribution in [2.24, 2.45) is 5.92 Å². The molecule has 10 heteroatoms. The second-order valence-corrected chi connectivity index (χ2v) is 10.1. The first-order chi connectivity index (χ1) is 17.3. The van der Waals surface area contributed by atoms with E-state index in [0.29, 0.717) is 63.2 Å². The molecule has 0 unspecified atom stereocenters. The molecule has 1 aliphatic heterocycles. The van der Waals surface area contributed by atoms with E-state index in [-0.39, 0.29) is 12.7 Å². The zero-order valence-electron chi connectivity index (χ0n) is 21.0. The van der Waals surface area contributed by atoms with Crippen molar-refractivity contribution in [1.82, 2.24) is 20.4 Å². The number of ether oxygens (including phenoxy) is 2. The van der Waals surface area contributed by atoms with Gasteiger partial charge in [-0.25, -0.2) is 9.97 Å². The summed E-state index contributed by atoms with van der Waals surface area (Å²) in [4.78, 5) is 9.72. The number of likely N-dealkylation sites (N-methyl/N-ethyl adjacent to an activating group) is 1. The highest BCUT2D eigenvalue weighted by molar-refractivity contribution is 6.34. The summed E-state index contributed by atoms with van der Waals surface area (Å²) in [6.45, 7) is 7.08. The minimum atomic E-state index is -0.638. The van der Waals surface area contributed by atoms with Gasteiger partial charge in [-0.3, -0.25) is 0 Å². The molecule has 3 aromatic rings. The van der Waals surface area contributed by atoms with Crippen LogP contribution in [-0.4, -0.2) is 59.2 Å². The van der Waals surface area contributed by atoms with E-state index < -0.39 is 6.10 Å². The van der Waals surface area contributed by atoms with Crippen LogP contribution in [0.25, 0.3) is 22.6 Å². The number of rotatable bonds is 9. The lowest BCUT2D eigenvalue weighted by Gasteiger charge is -2.27. The summed E-state index contributed by atoms with van der Waals surface area (Å²) < 4.78 is 16.9. The normalized spacial score (nSPS) is 18.9. The molecule has 1 aromatic carbocycles. The van der Waals surface area contributed by atoms with Crippen molar-refractivity contribution in [3.05, 3.63) is 45.4 Å². The molecule has 0 bridgehead atoms. The monoisotopic (exact) mass is 534 g/mol. The Balaban J connectivity index is 1.76. The maximum Gasteiger partial charge on any atom is 0.161 e. The SMILES string of the molecule is CNC[C@@H](O)COc1ccc(Cl)c(-c2nc(C[C@H]3CCO[C@@H](C)C3)c(Cl)c(-c3c(C)noc3C)n2)c1. The van der Waals surface area contributed by atoms with Gasteiger partial charge in [-0.1, -0.05) is 28.4 Å². The summed E-state index contributed by atoms with van der Waals surface area (Å²) >= 11 is 13.5. The van der Waals surface area contributed by atoms with E-state index in [1.807, 2.05) is 13.8 Å². The zero-order chi connectivity index (χ0) is 25.8. The first kappa shape index (κ1) is 26.8. The maximum atomic E-state index is 10.0. The average molecular weight is 535 g/mol. The molecule has 0 amide bonds. The Labute approximate surface area is 221 Å². The van der Waals surface area contributed by atoms with Crippen LogP contribution >= 0.6 is 23.2 Å². The summed E-state index contributed by atoms with van der Waals surface area (Å²) in [6.07, 6.45) is 2.14. The molecule has 0 radical (unpaired) electrons. The number of aliphatic hydroxyl groups excluding tert-OH is 1. The van der Waals surface area contributed by atoms with Crippen LogP contribution in [0.5, 0.6) is 5.75 Å². The third-order valence-electron chi connectivity index (χ3n) is 6.33. The Kier molecular flexibility index (Phi) is 8.85. The van der Waals surface area contributed by atoms with Crippen LogP contribution in [0.1, 0.15) is 36.9 Å². The second-order valence-electron chi connectivity index (χ2n) is 9.30. The summed E-state index contributed by atoms with van der Waals surface area (Å²) in [5.74, 6) is 2.02. The first-order valence-corrected chi connectivity index (χ1v) is 12.9. The zero-order valence-corrected chi connectivity index (χ0v) is 22.5. The maximum absolute atomic E-state index is 10.0. The summed E-state index contributed by atoms with van der Waals surface area (Å²) in [6, 6.07) is 5.28. The van der Waals surface area contributed by atoms with Gasteiger partial charge in [-0.2, -0.15) is 0 Å². The van der Waals surface area contributed by atoms with Crippen LogP contribution in [0.15, 0.2) is 22.7 Å². The first-order valence-electron chi connectivity index (χ1n) is 12.1. The highest BCUT2D eigenvalue weighted by atomic mass is 35.5. The van der Waals surface area contributed by atoms with Gasteiger partial charge >= 0.3 is 0 Å². The molecule has 0 saturated carbocycles. The van der Waals surface area contributed by atoms with Crippen LogP contribution in [0, 0.1) is 19.8 Å². The largest absolute Gasteiger partial charge is 0.491 e. The standard InChI is InChI=1S/C26H32Cl2N4O4/c1-14-9-17(7-8-34-14)10-22-24(28)25(23-15(2)32-36-16(23)3)31-26(30-22)20-11-19(5-6-21(20)27)35-13-18(33)12-29-4/h5-6,11,14,17-18,29,33H,7-10,12-13H2,1-4H3/t14-,17-,18+/m0/s1. The topological polar surface area (TPSA) is 103 Å². The van der Waals surface area contributed by atoms with Crippen molar-refractivity contribution in [3.8, 4) is 28.4 Å². The minimum absolute atomic E-state index is 0.140. The average Bonchev–Trinajstić information content (AvgIpc) is 3.18. The predicted octanol–water partition coefficient (Wildman–Crippen LogP) is 5.04. The van der Waals surface area contributed by atoms with Crippen molar-refractivity contribution in [2.45, 2.75) is 52.2 Å². The number of aromatic nitrogens is 3. The fourth-order valence-corrected chi connectivity index (χ4v) is 5.00. The Morgan fingerprint density at radius 3 is 2.75 bits per heavy atom. The molecule has 36 heavy (non-hydrogen) atoms. The number of nitrogens with one attached hydrogen (secondary N) is 1. The van der Waals surface area contributed by atoms with Gasteiger partial charge in [0.1, 0.15) is 24.2 Å². The third-order valence-corrected chi connectivity index (χ3v) is 7.05. The summed E-state index contributed by atoms with van der Waals surface area (Å²) in [5.41, 5.74) is 3.39. The molecule has 8 nitrogen and oxygen atoms in total. The van der Waals surface area contributed by atoms with Gasteiger partial charge in [-0.05, 0) is 71.2 Å². The number of benzene rings is 1. The molecule has 0 spiro atoms. The number of halogens is 2. The second kappa shape index (κ2) is 11.9. The predicted molar refractivity (Wildman–Crippen MR) is 140 cm³/mol. The molecule has 1 aliphatic rings. The van der Waals surface area contributed by atoms with Gasteiger partial charge in [-0.15, -0.1) is 0 Å². The highest BCUT2D eigenvalue weighted by Gasteiger charge is 2.26. The van der Waals surface area contributed by atoms with Crippen molar-refractivity contribution in [1.29, 1.82) is 0 Å². The number of aryl methyl sites for hydroxylation is 2. The summed E-state index contributed by atoms with van der Waals surface area (Å²) in [5, 5.41) is 18.0. The van der Waals surface area contributed by atoms with E-state index in [0.717, 1.165) is 30.7 Å². The van der Waals surface area contributed by atoms with Gasteiger partial charge in [0.15, 0.2) is 5.82 Å². The Bertz CT molecular complexity index is 1180. The minimum Gasteiger partial charge on any atom is -0.491 e. The Morgan fingerprint density at radius 1 is 1.25 bits per heavy atom. The molecular formula is C26H32Cl2N4O4. The number of aliphatic hydroxyl groups is 1. The molecule has 2 N–H and O–H groups in total. The van der Waals surface area contributed by atoms with Crippen molar-refractivity contribution in [2.75, 3.05) is 26.8 Å². The molecule has 0 aliphatic carbocycles. The lowest BCUT2D eigenvalue weighted by molar-refractivity contribution is 0.00266. The highest BCUT2D eigenvalue weighted by Crippen LogP contribution is 2.38.